The summed E-state index contributed by atoms with van der Waals surface area (Å²) in [6.45, 7) is 1.97. The minimum atomic E-state index is -0.943. The zero-order chi connectivity index (χ0) is 21.3. The van der Waals surface area contributed by atoms with E-state index in [-0.39, 0.29) is 29.7 Å². The van der Waals surface area contributed by atoms with E-state index in [0.29, 0.717) is 5.69 Å². The van der Waals surface area contributed by atoms with Gasteiger partial charge in [0.2, 0.25) is 17.8 Å². The second-order valence-electron chi connectivity index (χ2n) is 6.97. The van der Waals surface area contributed by atoms with E-state index in [4.69, 9.17) is 0 Å². The number of hydrogen-bond donors (Lipinski definition) is 4. The fraction of sp³-hybridized carbons (Fsp3) is 0.143. The third kappa shape index (κ3) is 4.25. The second-order valence-corrected chi connectivity index (χ2v) is 7.88. The first-order valence-electron chi connectivity index (χ1n) is 9.23. The maximum Gasteiger partial charge on any atom is 0.258 e. The second kappa shape index (κ2) is 8.11. The molecule has 0 unspecified atom stereocenters. The molecule has 0 fully saturated rings. The quantitative estimate of drug-likeness (QED) is 0.467. The summed E-state index contributed by atoms with van der Waals surface area (Å²) in [4.78, 5) is 44.7. The smallest absolute Gasteiger partial charge is 0.258 e. The summed E-state index contributed by atoms with van der Waals surface area (Å²) >= 11 is 3.34. The number of carbonyl (C=O) groups excluding carboxylic acids is 2. The lowest BCUT2D eigenvalue weighted by Crippen LogP contribution is -2.36. The third-order valence-corrected chi connectivity index (χ3v) is 5.22. The third-order valence-electron chi connectivity index (χ3n) is 4.69. The molecule has 0 saturated carbocycles. The molecule has 4 N–H and O–H groups in total. The molecule has 1 atom stereocenters. The highest BCUT2D eigenvalue weighted by Gasteiger charge is 2.34. The topological polar surface area (TPSA) is 116 Å². The van der Waals surface area contributed by atoms with Crippen molar-refractivity contribution in [3.05, 3.63) is 74.5 Å². The van der Waals surface area contributed by atoms with Gasteiger partial charge in [0.25, 0.3) is 5.56 Å². The van der Waals surface area contributed by atoms with Gasteiger partial charge in [-0.2, -0.15) is 4.98 Å². The minimum absolute atomic E-state index is 0.0839. The average molecular weight is 468 g/mol. The van der Waals surface area contributed by atoms with Crippen LogP contribution in [0.1, 0.15) is 23.5 Å². The van der Waals surface area contributed by atoms with Crippen molar-refractivity contribution in [2.24, 2.45) is 0 Å². The molecule has 9 heteroatoms. The van der Waals surface area contributed by atoms with Gasteiger partial charge >= 0.3 is 0 Å². The van der Waals surface area contributed by atoms with Crippen LogP contribution < -0.4 is 21.5 Å². The Balaban J connectivity index is 1.62. The van der Waals surface area contributed by atoms with Crippen molar-refractivity contribution >= 4 is 50.9 Å². The number of nitrogens with one attached hydrogen (secondary N) is 4. The van der Waals surface area contributed by atoms with Crippen LogP contribution in [0.2, 0.25) is 0 Å². The molecule has 8 nitrogen and oxygen atoms in total. The number of carbonyl (C=O) groups is 2. The number of aryl methyl sites for hydroxylation is 1. The van der Waals surface area contributed by atoms with Crippen LogP contribution in [0.3, 0.4) is 0 Å². The number of rotatable bonds is 4. The lowest BCUT2D eigenvalue weighted by molar-refractivity contribution is -0.123. The summed E-state index contributed by atoms with van der Waals surface area (Å²) in [5.41, 5.74) is 2.05. The average Bonchev–Trinajstić information content (AvgIpc) is 2.70. The number of H-pyrrole nitrogens is 1. The SMILES string of the molecule is Cc1ccc(Nc2nc3c(c(=O)[nH]2)[C@@H](C(=O)Nc2ccc(Br)cc2)CC(=O)N3)cc1. The van der Waals surface area contributed by atoms with Gasteiger partial charge in [-0.1, -0.05) is 33.6 Å². The van der Waals surface area contributed by atoms with Crippen molar-refractivity contribution < 1.29 is 9.59 Å². The van der Waals surface area contributed by atoms with Crippen LogP contribution in [-0.4, -0.2) is 21.8 Å². The molecule has 3 aromatic rings. The van der Waals surface area contributed by atoms with E-state index in [1.165, 1.54) is 0 Å². The van der Waals surface area contributed by atoms with Crippen molar-refractivity contribution in [2.75, 3.05) is 16.0 Å². The summed E-state index contributed by atoms with van der Waals surface area (Å²) in [6, 6.07) is 14.6. The number of aromatic nitrogens is 2. The number of fused-ring (bicyclic) bond motifs is 1. The highest BCUT2D eigenvalue weighted by atomic mass is 79.9. The molecule has 2 amide bonds. The number of halogens is 1. The standard InChI is InChI=1S/C21H18BrN5O3/c1-11-2-6-14(7-3-11)24-21-26-18-17(20(30)27-21)15(10-16(28)25-18)19(29)23-13-8-4-12(22)5-9-13/h2-9,15H,10H2,1H3,(H,23,29)(H3,24,25,26,27,28,30)/t15-/m0/s1. The van der Waals surface area contributed by atoms with Crippen molar-refractivity contribution in [2.45, 2.75) is 19.3 Å². The summed E-state index contributed by atoms with van der Waals surface area (Å²) in [6.07, 6.45) is -0.134. The van der Waals surface area contributed by atoms with Crippen LogP contribution in [0.5, 0.6) is 0 Å². The van der Waals surface area contributed by atoms with Gasteiger partial charge in [-0.15, -0.1) is 0 Å². The summed E-state index contributed by atoms with van der Waals surface area (Å²) < 4.78 is 0.872. The molecule has 2 heterocycles. The van der Waals surface area contributed by atoms with E-state index in [1.54, 1.807) is 24.3 Å². The largest absolute Gasteiger partial charge is 0.326 e. The number of hydrogen-bond acceptors (Lipinski definition) is 5. The molecule has 1 aliphatic heterocycles. The van der Waals surface area contributed by atoms with Gasteiger partial charge in [0.1, 0.15) is 5.82 Å². The van der Waals surface area contributed by atoms with Crippen LogP contribution in [0.15, 0.2) is 57.8 Å². The zero-order valence-corrected chi connectivity index (χ0v) is 17.5. The van der Waals surface area contributed by atoms with E-state index in [9.17, 15) is 14.4 Å². The molecule has 30 heavy (non-hydrogen) atoms. The van der Waals surface area contributed by atoms with Gasteiger partial charge in [0.05, 0.1) is 11.5 Å². The number of amides is 2. The van der Waals surface area contributed by atoms with Crippen molar-refractivity contribution in [1.82, 2.24) is 9.97 Å². The first-order chi connectivity index (χ1) is 14.4. The Morgan fingerprint density at radius 3 is 2.43 bits per heavy atom. The molecule has 0 aliphatic carbocycles. The van der Waals surface area contributed by atoms with Crippen molar-refractivity contribution in [3.8, 4) is 0 Å². The predicted octanol–water partition coefficient (Wildman–Crippen LogP) is 3.65. The van der Waals surface area contributed by atoms with Gasteiger partial charge < -0.3 is 16.0 Å². The van der Waals surface area contributed by atoms with E-state index in [1.807, 2.05) is 31.2 Å². The summed E-state index contributed by atoms with van der Waals surface area (Å²) in [5, 5.41) is 8.35. The van der Waals surface area contributed by atoms with E-state index < -0.39 is 17.4 Å². The lowest BCUT2D eigenvalue weighted by Gasteiger charge is -2.23. The number of nitrogens with zero attached hydrogens (tertiary/aromatic N) is 1. The van der Waals surface area contributed by atoms with Crippen molar-refractivity contribution in [1.29, 1.82) is 0 Å². The molecule has 0 radical (unpaired) electrons. The van der Waals surface area contributed by atoms with Crippen molar-refractivity contribution in [3.63, 3.8) is 0 Å². The normalized spacial score (nSPS) is 15.1. The number of aromatic amines is 1. The summed E-state index contributed by atoms with van der Waals surface area (Å²) in [7, 11) is 0. The molecule has 1 aliphatic rings. The highest BCUT2D eigenvalue weighted by Crippen LogP contribution is 2.30. The molecule has 2 aromatic carbocycles. The molecule has 1 aromatic heterocycles. The van der Waals surface area contributed by atoms with Gasteiger partial charge in [-0.25, -0.2) is 0 Å². The summed E-state index contributed by atoms with van der Waals surface area (Å²) in [5.74, 6) is -1.50. The Labute approximate surface area is 180 Å². The molecule has 4 rings (SSSR count). The fourth-order valence-electron chi connectivity index (χ4n) is 3.19. The Morgan fingerprint density at radius 2 is 1.73 bits per heavy atom. The maximum atomic E-state index is 12.8. The van der Waals surface area contributed by atoms with Crippen LogP contribution in [0.4, 0.5) is 23.1 Å². The fourth-order valence-corrected chi connectivity index (χ4v) is 3.46. The monoisotopic (exact) mass is 467 g/mol. The van der Waals surface area contributed by atoms with Gasteiger partial charge in [-0.05, 0) is 43.3 Å². The molecular formula is C21H18BrN5O3. The Bertz CT molecular complexity index is 1170. The molecule has 0 saturated heterocycles. The molecule has 0 bridgehead atoms. The van der Waals surface area contributed by atoms with Crippen LogP contribution >= 0.6 is 15.9 Å². The van der Waals surface area contributed by atoms with E-state index in [0.717, 1.165) is 15.7 Å². The first-order valence-corrected chi connectivity index (χ1v) is 10.0. The zero-order valence-electron chi connectivity index (χ0n) is 16.0. The van der Waals surface area contributed by atoms with E-state index in [2.05, 4.69) is 41.8 Å². The maximum absolute atomic E-state index is 12.8. The molecule has 0 spiro atoms. The van der Waals surface area contributed by atoms with Gasteiger partial charge in [0, 0.05) is 22.3 Å². The van der Waals surface area contributed by atoms with Crippen LogP contribution in [0.25, 0.3) is 0 Å². The first kappa shape index (κ1) is 19.8. The Hall–Kier alpha value is -3.46. The molecular weight excluding hydrogens is 450 g/mol. The molecule has 152 valence electrons. The minimum Gasteiger partial charge on any atom is -0.326 e. The van der Waals surface area contributed by atoms with Crippen LogP contribution in [0, 0.1) is 6.92 Å². The highest BCUT2D eigenvalue weighted by molar-refractivity contribution is 9.10. The Morgan fingerprint density at radius 1 is 1.07 bits per heavy atom. The van der Waals surface area contributed by atoms with Gasteiger partial charge in [0.15, 0.2) is 0 Å². The van der Waals surface area contributed by atoms with E-state index >= 15 is 0 Å². The predicted molar refractivity (Wildman–Crippen MR) is 118 cm³/mol. The van der Waals surface area contributed by atoms with Gasteiger partial charge in [-0.3, -0.25) is 19.4 Å². The van der Waals surface area contributed by atoms with Crippen LogP contribution in [-0.2, 0) is 9.59 Å². The Kier molecular flexibility index (Phi) is 5.37. The lowest BCUT2D eigenvalue weighted by atomic mass is 9.92. The number of benzene rings is 2. The number of anilines is 4.